The molecule has 3 heterocycles. The molecule has 0 aliphatic rings. The lowest BCUT2D eigenvalue weighted by Gasteiger charge is -1.99. The smallest absolute Gasteiger partial charge is 0.215 e. The van der Waals surface area contributed by atoms with Gasteiger partial charge in [0.25, 0.3) is 0 Å². The summed E-state index contributed by atoms with van der Waals surface area (Å²) in [5, 5.41) is 1.74. The predicted molar refractivity (Wildman–Crippen MR) is 62.0 cm³/mol. The fraction of sp³-hybridized carbons (Fsp3) is 0. The minimum absolute atomic E-state index is 0.00236. The predicted octanol–water partition coefficient (Wildman–Crippen LogP) is 1.77. The van der Waals surface area contributed by atoms with Crippen molar-refractivity contribution < 1.29 is 0 Å². The monoisotopic (exact) mass is 209 g/mol. The van der Waals surface area contributed by atoms with Crippen molar-refractivity contribution in [2.75, 3.05) is 0 Å². The number of fused-ring (bicyclic) bond motifs is 2. The van der Waals surface area contributed by atoms with Crippen LogP contribution < -0.4 is 5.43 Å². The molecule has 4 aromatic rings. The third kappa shape index (κ3) is 0.725. The topological polar surface area (TPSA) is 50.2 Å². The van der Waals surface area contributed by atoms with Crippen LogP contribution in [0.4, 0.5) is 0 Å². The maximum absolute atomic E-state index is 12.1. The number of nitrogens with one attached hydrogen (secondary N) is 1. The average molecular weight is 209 g/mol. The van der Waals surface area contributed by atoms with Crippen LogP contribution in [0.5, 0.6) is 0 Å². The summed E-state index contributed by atoms with van der Waals surface area (Å²) >= 11 is 0. The van der Waals surface area contributed by atoms with Crippen LogP contribution >= 0.6 is 0 Å². The van der Waals surface area contributed by atoms with Crippen molar-refractivity contribution in [3.05, 3.63) is 47.1 Å². The number of aromatic nitrogens is 3. The summed E-state index contributed by atoms with van der Waals surface area (Å²) in [5.74, 6) is 0. The lowest BCUT2D eigenvalue weighted by atomic mass is 10.1. The molecule has 76 valence electrons. The standard InChI is InChI=1S/C12H7N3O/c16-12-8-3-4-13-9(8)7-2-1-5-15-6-14-10(12)11(7)15/h1-6,13H. The molecule has 0 saturated carbocycles. The maximum Gasteiger partial charge on any atom is 0.215 e. The highest BCUT2D eigenvalue weighted by molar-refractivity contribution is 6.11. The van der Waals surface area contributed by atoms with Gasteiger partial charge in [-0.1, -0.05) is 0 Å². The van der Waals surface area contributed by atoms with E-state index in [9.17, 15) is 4.79 Å². The molecule has 0 bridgehead atoms. The molecule has 0 radical (unpaired) electrons. The van der Waals surface area contributed by atoms with Crippen LogP contribution in [0.15, 0.2) is 41.7 Å². The van der Waals surface area contributed by atoms with Gasteiger partial charge in [0, 0.05) is 23.2 Å². The summed E-state index contributed by atoms with van der Waals surface area (Å²) in [6, 6.07) is 5.76. The van der Waals surface area contributed by atoms with E-state index in [0.717, 1.165) is 16.4 Å². The number of nitrogens with zero attached hydrogens (tertiary/aromatic N) is 2. The van der Waals surface area contributed by atoms with Crippen molar-refractivity contribution in [3.8, 4) is 0 Å². The van der Waals surface area contributed by atoms with Crippen molar-refractivity contribution in [1.82, 2.24) is 14.4 Å². The van der Waals surface area contributed by atoms with Crippen molar-refractivity contribution in [2.24, 2.45) is 0 Å². The van der Waals surface area contributed by atoms with Gasteiger partial charge in [-0.2, -0.15) is 0 Å². The first kappa shape index (κ1) is 7.87. The summed E-state index contributed by atoms with van der Waals surface area (Å²) in [5.41, 5.74) is 2.33. The zero-order valence-corrected chi connectivity index (χ0v) is 8.27. The molecule has 1 aromatic carbocycles. The molecular weight excluding hydrogens is 202 g/mol. The van der Waals surface area contributed by atoms with Crippen LogP contribution in [-0.4, -0.2) is 14.4 Å². The Bertz CT molecular complexity index is 872. The first-order valence-corrected chi connectivity index (χ1v) is 5.04. The van der Waals surface area contributed by atoms with E-state index in [1.165, 1.54) is 0 Å². The van der Waals surface area contributed by atoms with Crippen molar-refractivity contribution >= 4 is 27.3 Å². The number of H-pyrrole nitrogens is 1. The van der Waals surface area contributed by atoms with Gasteiger partial charge in [-0.15, -0.1) is 0 Å². The second-order valence-corrected chi connectivity index (χ2v) is 3.87. The van der Waals surface area contributed by atoms with Crippen LogP contribution in [0.2, 0.25) is 0 Å². The van der Waals surface area contributed by atoms with Crippen molar-refractivity contribution in [3.63, 3.8) is 0 Å². The summed E-state index contributed by atoms with van der Waals surface area (Å²) in [7, 11) is 0. The molecular formula is C12H7N3O. The van der Waals surface area contributed by atoms with Gasteiger partial charge in [0.15, 0.2) is 0 Å². The van der Waals surface area contributed by atoms with Gasteiger partial charge in [0.05, 0.1) is 11.0 Å². The largest absolute Gasteiger partial charge is 0.361 e. The Morgan fingerprint density at radius 2 is 2.19 bits per heavy atom. The van der Waals surface area contributed by atoms with Crippen LogP contribution in [0, 0.1) is 0 Å². The Balaban J connectivity index is 2.58. The van der Waals surface area contributed by atoms with Crippen molar-refractivity contribution in [1.29, 1.82) is 0 Å². The van der Waals surface area contributed by atoms with E-state index in [2.05, 4.69) is 9.97 Å². The Hall–Kier alpha value is -2.36. The number of pyridine rings is 1. The molecule has 0 aliphatic heterocycles. The summed E-state index contributed by atoms with van der Waals surface area (Å²) < 4.78 is 1.88. The van der Waals surface area contributed by atoms with Gasteiger partial charge in [0.2, 0.25) is 5.43 Å². The van der Waals surface area contributed by atoms with Gasteiger partial charge in [0.1, 0.15) is 11.8 Å². The first-order chi connectivity index (χ1) is 7.86. The van der Waals surface area contributed by atoms with Gasteiger partial charge >= 0.3 is 0 Å². The van der Waals surface area contributed by atoms with E-state index >= 15 is 0 Å². The van der Waals surface area contributed by atoms with Gasteiger partial charge in [-0.05, 0) is 18.2 Å². The summed E-state index contributed by atoms with van der Waals surface area (Å²) in [6.45, 7) is 0. The minimum atomic E-state index is -0.00236. The van der Waals surface area contributed by atoms with E-state index < -0.39 is 0 Å². The summed E-state index contributed by atoms with van der Waals surface area (Å²) in [4.78, 5) is 19.4. The van der Waals surface area contributed by atoms with Gasteiger partial charge < -0.3 is 9.38 Å². The molecule has 0 unspecified atom stereocenters. The fourth-order valence-electron chi connectivity index (χ4n) is 2.33. The lowest BCUT2D eigenvalue weighted by Crippen LogP contribution is -2.01. The average Bonchev–Trinajstić information content (AvgIpc) is 2.93. The highest BCUT2D eigenvalue weighted by Gasteiger charge is 2.13. The third-order valence-electron chi connectivity index (χ3n) is 3.03. The number of imidazole rings is 1. The van der Waals surface area contributed by atoms with Gasteiger partial charge in [-0.3, -0.25) is 4.79 Å². The molecule has 16 heavy (non-hydrogen) atoms. The maximum atomic E-state index is 12.1. The molecule has 0 aliphatic carbocycles. The third-order valence-corrected chi connectivity index (χ3v) is 3.03. The second kappa shape index (κ2) is 2.41. The Morgan fingerprint density at radius 3 is 3.12 bits per heavy atom. The Morgan fingerprint density at radius 1 is 1.25 bits per heavy atom. The first-order valence-electron chi connectivity index (χ1n) is 5.04. The second-order valence-electron chi connectivity index (χ2n) is 3.87. The highest BCUT2D eigenvalue weighted by atomic mass is 16.1. The molecule has 0 fully saturated rings. The summed E-state index contributed by atoms with van der Waals surface area (Å²) in [6.07, 6.45) is 5.37. The molecule has 3 aromatic heterocycles. The molecule has 4 heteroatoms. The molecule has 4 rings (SSSR count). The number of hydrogen-bond donors (Lipinski definition) is 1. The Labute approximate surface area is 89.5 Å². The molecule has 1 N–H and O–H groups in total. The molecule has 0 atom stereocenters. The quantitative estimate of drug-likeness (QED) is 0.479. The molecule has 0 saturated heterocycles. The normalized spacial score (nSPS) is 12.0. The number of aromatic amines is 1. The number of rotatable bonds is 0. The number of benzene rings is 1. The van der Waals surface area contributed by atoms with Crippen LogP contribution in [0.1, 0.15) is 0 Å². The van der Waals surface area contributed by atoms with E-state index in [1.54, 1.807) is 18.6 Å². The van der Waals surface area contributed by atoms with Crippen LogP contribution in [0.25, 0.3) is 27.3 Å². The Kier molecular flexibility index (Phi) is 1.19. The molecule has 0 spiro atoms. The van der Waals surface area contributed by atoms with E-state index in [0.29, 0.717) is 10.9 Å². The highest BCUT2D eigenvalue weighted by Crippen LogP contribution is 2.24. The van der Waals surface area contributed by atoms with E-state index in [-0.39, 0.29) is 5.43 Å². The zero-order valence-electron chi connectivity index (χ0n) is 8.27. The zero-order chi connectivity index (χ0) is 10.7. The molecule has 4 nitrogen and oxygen atoms in total. The molecule has 0 amide bonds. The van der Waals surface area contributed by atoms with E-state index in [1.807, 2.05) is 22.7 Å². The van der Waals surface area contributed by atoms with Crippen LogP contribution in [-0.2, 0) is 0 Å². The van der Waals surface area contributed by atoms with Gasteiger partial charge in [-0.25, -0.2) is 4.98 Å². The number of hydrogen-bond acceptors (Lipinski definition) is 2. The lowest BCUT2D eigenvalue weighted by molar-refractivity contribution is 1.16. The van der Waals surface area contributed by atoms with Crippen molar-refractivity contribution in [2.45, 2.75) is 0 Å². The minimum Gasteiger partial charge on any atom is -0.361 e. The fourth-order valence-corrected chi connectivity index (χ4v) is 2.33. The SMILES string of the molecule is O=c1c2cc[nH]c2c2cccn3cnc1c23. The van der Waals surface area contributed by atoms with Crippen LogP contribution in [0.3, 0.4) is 0 Å². The van der Waals surface area contributed by atoms with E-state index in [4.69, 9.17) is 0 Å².